The average Bonchev–Trinajstić information content (AvgIpc) is 3.09. The number of aromatic nitrogens is 4. The Morgan fingerprint density at radius 1 is 1.33 bits per heavy atom. The molecule has 0 fully saturated rings. The van der Waals surface area contributed by atoms with E-state index in [1.165, 1.54) is 12.1 Å². The first-order valence-electron chi connectivity index (χ1n) is 7.26. The third kappa shape index (κ3) is 3.88. The molecule has 2 heterocycles. The summed E-state index contributed by atoms with van der Waals surface area (Å²) in [6.07, 6.45) is 4.91. The number of hydrogen-bond acceptors (Lipinski definition) is 3. The third-order valence-corrected chi connectivity index (χ3v) is 4.27. The molecule has 0 bridgehead atoms. The van der Waals surface area contributed by atoms with Gasteiger partial charge in [0.1, 0.15) is 12.4 Å². The van der Waals surface area contributed by atoms with Gasteiger partial charge in [0.2, 0.25) is 5.91 Å². The fourth-order valence-corrected chi connectivity index (χ4v) is 2.55. The molecule has 0 atom stereocenters. The van der Waals surface area contributed by atoms with Crippen molar-refractivity contribution in [1.82, 2.24) is 19.6 Å². The summed E-state index contributed by atoms with van der Waals surface area (Å²) in [6, 6.07) is 6.33. The summed E-state index contributed by atoms with van der Waals surface area (Å²) >= 11 is 3.36. The standard InChI is InChI=1S/C16H15BrFN5O/c1-11-15(17)7-20-23(11)10-16(24)21-14-6-19-22(9-14)8-12-3-2-4-13(18)5-12/h2-7,9H,8,10H2,1H3,(H,21,24). The van der Waals surface area contributed by atoms with Gasteiger partial charge in [-0.15, -0.1) is 0 Å². The summed E-state index contributed by atoms with van der Waals surface area (Å²) in [5, 5.41) is 11.1. The van der Waals surface area contributed by atoms with Crippen LogP contribution in [0.5, 0.6) is 0 Å². The van der Waals surface area contributed by atoms with E-state index in [0.29, 0.717) is 12.2 Å². The first-order valence-corrected chi connectivity index (χ1v) is 8.05. The molecule has 0 radical (unpaired) electrons. The van der Waals surface area contributed by atoms with Crippen molar-refractivity contribution in [3.05, 3.63) is 64.4 Å². The van der Waals surface area contributed by atoms with Crippen molar-refractivity contribution >= 4 is 27.5 Å². The van der Waals surface area contributed by atoms with Gasteiger partial charge >= 0.3 is 0 Å². The van der Waals surface area contributed by atoms with E-state index in [4.69, 9.17) is 0 Å². The van der Waals surface area contributed by atoms with Crippen LogP contribution in [0.25, 0.3) is 0 Å². The maximum Gasteiger partial charge on any atom is 0.246 e. The Kier molecular flexibility index (Phi) is 4.75. The molecule has 0 aliphatic rings. The van der Waals surface area contributed by atoms with Crippen molar-refractivity contribution in [1.29, 1.82) is 0 Å². The molecule has 0 unspecified atom stereocenters. The molecule has 8 heteroatoms. The molecule has 0 spiro atoms. The Bertz CT molecular complexity index is 873. The number of benzene rings is 1. The predicted octanol–water partition coefficient (Wildman–Crippen LogP) is 2.98. The van der Waals surface area contributed by atoms with Gasteiger partial charge in [0.15, 0.2) is 0 Å². The summed E-state index contributed by atoms with van der Waals surface area (Å²) in [5.41, 5.74) is 2.26. The van der Waals surface area contributed by atoms with Crippen molar-refractivity contribution < 1.29 is 9.18 Å². The lowest BCUT2D eigenvalue weighted by Gasteiger charge is -2.05. The molecule has 0 saturated carbocycles. The van der Waals surface area contributed by atoms with E-state index in [1.54, 1.807) is 34.0 Å². The van der Waals surface area contributed by atoms with Crippen molar-refractivity contribution in [2.75, 3.05) is 5.32 Å². The highest BCUT2D eigenvalue weighted by Crippen LogP contribution is 2.14. The molecule has 0 saturated heterocycles. The van der Waals surface area contributed by atoms with Gasteiger partial charge in [-0.05, 0) is 40.5 Å². The monoisotopic (exact) mass is 391 g/mol. The van der Waals surface area contributed by atoms with Crippen molar-refractivity contribution in [2.24, 2.45) is 0 Å². The zero-order valence-corrected chi connectivity index (χ0v) is 14.5. The van der Waals surface area contributed by atoms with Crippen LogP contribution < -0.4 is 5.32 Å². The first kappa shape index (κ1) is 16.4. The van der Waals surface area contributed by atoms with Gasteiger partial charge in [-0.2, -0.15) is 10.2 Å². The highest BCUT2D eigenvalue weighted by molar-refractivity contribution is 9.10. The van der Waals surface area contributed by atoms with Crippen LogP contribution in [0, 0.1) is 12.7 Å². The summed E-state index contributed by atoms with van der Waals surface area (Å²) in [7, 11) is 0. The lowest BCUT2D eigenvalue weighted by atomic mass is 10.2. The van der Waals surface area contributed by atoms with E-state index in [2.05, 4.69) is 31.4 Å². The molecule has 124 valence electrons. The largest absolute Gasteiger partial charge is 0.322 e. The van der Waals surface area contributed by atoms with Crippen LogP contribution in [0.1, 0.15) is 11.3 Å². The van der Waals surface area contributed by atoms with Gasteiger partial charge in [0.25, 0.3) is 0 Å². The minimum absolute atomic E-state index is 0.118. The second kappa shape index (κ2) is 6.96. The van der Waals surface area contributed by atoms with Gasteiger partial charge in [-0.3, -0.25) is 14.2 Å². The Balaban J connectivity index is 1.61. The van der Waals surface area contributed by atoms with Gasteiger partial charge < -0.3 is 5.32 Å². The fraction of sp³-hybridized carbons (Fsp3) is 0.188. The van der Waals surface area contributed by atoms with Crippen LogP contribution in [-0.4, -0.2) is 25.5 Å². The molecule has 0 aliphatic heterocycles. The topological polar surface area (TPSA) is 64.7 Å². The molecule has 1 amide bonds. The lowest BCUT2D eigenvalue weighted by molar-refractivity contribution is -0.116. The molecule has 6 nitrogen and oxygen atoms in total. The quantitative estimate of drug-likeness (QED) is 0.726. The highest BCUT2D eigenvalue weighted by Gasteiger charge is 2.10. The number of halogens is 2. The van der Waals surface area contributed by atoms with Crippen molar-refractivity contribution in [3.63, 3.8) is 0 Å². The minimum Gasteiger partial charge on any atom is -0.322 e. The van der Waals surface area contributed by atoms with Crippen LogP contribution in [0.3, 0.4) is 0 Å². The number of carbonyl (C=O) groups is 1. The first-order chi connectivity index (χ1) is 11.5. The number of amides is 1. The Labute approximate surface area is 146 Å². The average molecular weight is 392 g/mol. The van der Waals surface area contributed by atoms with E-state index < -0.39 is 0 Å². The molecule has 3 rings (SSSR count). The van der Waals surface area contributed by atoms with E-state index in [9.17, 15) is 9.18 Å². The second-order valence-electron chi connectivity index (χ2n) is 5.34. The normalized spacial score (nSPS) is 10.8. The molecule has 1 N–H and O–H groups in total. The summed E-state index contributed by atoms with van der Waals surface area (Å²) in [5.74, 6) is -0.479. The predicted molar refractivity (Wildman–Crippen MR) is 91.0 cm³/mol. The van der Waals surface area contributed by atoms with Crippen LogP contribution in [-0.2, 0) is 17.9 Å². The van der Waals surface area contributed by atoms with Gasteiger partial charge in [-0.25, -0.2) is 4.39 Å². The number of hydrogen-bond donors (Lipinski definition) is 1. The summed E-state index contributed by atoms with van der Waals surface area (Å²) in [4.78, 5) is 12.1. The van der Waals surface area contributed by atoms with Crippen molar-refractivity contribution in [2.45, 2.75) is 20.0 Å². The molecule has 0 aliphatic carbocycles. The Morgan fingerprint density at radius 2 is 2.17 bits per heavy atom. The number of carbonyl (C=O) groups excluding carboxylic acids is 1. The van der Waals surface area contributed by atoms with Crippen molar-refractivity contribution in [3.8, 4) is 0 Å². The Morgan fingerprint density at radius 3 is 2.88 bits per heavy atom. The number of rotatable bonds is 5. The van der Waals surface area contributed by atoms with E-state index in [0.717, 1.165) is 15.7 Å². The summed E-state index contributed by atoms with van der Waals surface area (Å²) in [6.45, 7) is 2.42. The number of nitrogens with zero attached hydrogens (tertiary/aromatic N) is 4. The van der Waals surface area contributed by atoms with E-state index in [1.807, 2.05) is 13.0 Å². The third-order valence-electron chi connectivity index (χ3n) is 3.49. The number of anilines is 1. The highest BCUT2D eigenvalue weighted by atomic mass is 79.9. The molecule has 3 aromatic rings. The molecule has 24 heavy (non-hydrogen) atoms. The minimum atomic E-state index is -0.283. The molecule has 2 aromatic heterocycles. The van der Waals surface area contributed by atoms with Gasteiger partial charge in [0.05, 0.1) is 34.8 Å². The Hall–Kier alpha value is -2.48. The smallest absolute Gasteiger partial charge is 0.246 e. The van der Waals surface area contributed by atoms with Crippen LogP contribution in [0.15, 0.2) is 47.3 Å². The lowest BCUT2D eigenvalue weighted by Crippen LogP contribution is -2.20. The maximum atomic E-state index is 13.2. The molecular weight excluding hydrogens is 377 g/mol. The van der Waals surface area contributed by atoms with Crippen LogP contribution >= 0.6 is 15.9 Å². The molecular formula is C16H15BrFN5O. The zero-order valence-electron chi connectivity index (χ0n) is 12.9. The zero-order chi connectivity index (χ0) is 17.1. The number of nitrogens with one attached hydrogen (secondary N) is 1. The maximum absolute atomic E-state index is 13.2. The van der Waals surface area contributed by atoms with Crippen LogP contribution in [0.4, 0.5) is 10.1 Å². The summed E-state index contributed by atoms with van der Waals surface area (Å²) < 4.78 is 17.3. The van der Waals surface area contributed by atoms with Gasteiger partial charge in [-0.1, -0.05) is 12.1 Å². The second-order valence-corrected chi connectivity index (χ2v) is 6.19. The van der Waals surface area contributed by atoms with E-state index >= 15 is 0 Å². The van der Waals surface area contributed by atoms with E-state index in [-0.39, 0.29) is 18.3 Å². The van der Waals surface area contributed by atoms with Gasteiger partial charge in [0, 0.05) is 6.20 Å². The van der Waals surface area contributed by atoms with Crippen LogP contribution in [0.2, 0.25) is 0 Å². The molecule has 1 aromatic carbocycles. The fourth-order valence-electron chi connectivity index (χ4n) is 2.26. The SMILES string of the molecule is Cc1c(Br)cnn1CC(=O)Nc1cnn(Cc2cccc(F)c2)c1.